The molecule has 0 radical (unpaired) electrons. The van der Waals surface area contributed by atoms with Gasteiger partial charge in [-0.2, -0.15) is 0 Å². The lowest BCUT2D eigenvalue weighted by Crippen LogP contribution is -2.04. The molecule has 0 bridgehead atoms. The third-order valence-corrected chi connectivity index (χ3v) is 4.96. The maximum absolute atomic E-state index is 6.71. The molecule has 2 aromatic carbocycles. The van der Waals surface area contributed by atoms with Gasteiger partial charge in [-0.05, 0) is 49.9 Å². The van der Waals surface area contributed by atoms with Crippen molar-refractivity contribution < 1.29 is 4.74 Å². The zero-order valence-electron chi connectivity index (χ0n) is 12.8. The van der Waals surface area contributed by atoms with E-state index < -0.39 is 0 Å². The topological polar surface area (TPSA) is 9.23 Å². The molecule has 112 valence electrons. The van der Waals surface area contributed by atoms with E-state index >= 15 is 0 Å². The predicted octanol–water partition coefficient (Wildman–Crippen LogP) is 5.91. The highest BCUT2D eigenvalue weighted by atomic mass is 79.9. The Hall–Kier alpha value is -0.990. The molecule has 0 fully saturated rings. The first kappa shape index (κ1) is 16.4. The Bertz CT molecular complexity index is 635. The van der Waals surface area contributed by atoms with Gasteiger partial charge in [-0.15, -0.1) is 11.6 Å². The maximum atomic E-state index is 6.71. The van der Waals surface area contributed by atoms with Gasteiger partial charge in [0.2, 0.25) is 0 Å². The minimum atomic E-state index is -0.112. The number of alkyl halides is 1. The zero-order chi connectivity index (χ0) is 15.6. The number of hydrogen-bond acceptors (Lipinski definition) is 1. The summed E-state index contributed by atoms with van der Waals surface area (Å²) in [5.74, 6) is 0.891. The Morgan fingerprint density at radius 3 is 2.33 bits per heavy atom. The van der Waals surface area contributed by atoms with E-state index in [1.54, 1.807) is 7.11 Å². The molecular formula is C18H20BrClO. The molecule has 0 aliphatic carbocycles. The molecule has 0 saturated carbocycles. The third-order valence-electron chi connectivity index (χ3n) is 3.76. The van der Waals surface area contributed by atoms with Crippen LogP contribution in [0.3, 0.4) is 0 Å². The highest BCUT2D eigenvalue weighted by molar-refractivity contribution is 9.10. The van der Waals surface area contributed by atoms with Crippen LogP contribution in [0.25, 0.3) is 0 Å². The second-order valence-corrected chi connectivity index (χ2v) is 6.79. The molecule has 0 spiro atoms. The van der Waals surface area contributed by atoms with Gasteiger partial charge in [0.15, 0.2) is 0 Å². The van der Waals surface area contributed by atoms with Crippen molar-refractivity contribution in [2.45, 2.75) is 32.6 Å². The summed E-state index contributed by atoms with van der Waals surface area (Å²) >= 11 is 10.3. The SMILES string of the molecule is COc1c(C)cc(Br)c(C)c1C(Cl)Cc1ccc(C)cc1. The standard InChI is InChI=1S/C18H20BrClO/c1-11-5-7-14(8-6-11)10-16(20)17-13(3)15(19)9-12(2)18(17)21-4/h5-9,16H,10H2,1-4H3. The fraction of sp³-hybridized carbons (Fsp3) is 0.333. The Morgan fingerprint density at radius 2 is 1.76 bits per heavy atom. The summed E-state index contributed by atoms with van der Waals surface area (Å²) in [6, 6.07) is 10.6. The highest BCUT2D eigenvalue weighted by Gasteiger charge is 2.20. The van der Waals surface area contributed by atoms with Crippen LogP contribution in [0.5, 0.6) is 5.75 Å². The average Bonchev–Trinajstić information content (AvgIpc) is 2.44. The molecular weight excluding hydrogens is 348 g/mol. The number of benzene rings is 2. The van der Waals surface area contributed by atoms with Gasteiger partial charge in [-0.3, -0.25) is 0 Å². The van der Waals surface area contributed by atoms with E-state index in [-0.39, 0.29) is 5.38 Å². The van der Waals surface area contributed by atoms with Gasteiger partial charge < -0.3 is 4.74 Å². The maximum Gasteiger partial charge on any atom is 0.126 e. The number of aryl methyl sites for hydroxylation is 2. The van der Waals surface area contributed by atoms with E-state index in [1.807, 2.05) is 6.92 Å². The second-order valence-electron chi connectivity index (χ2n) is 5.40. The first-order valence-electron chi connectivity index (χ1n) is 6.97. The lowest BCUT2D eigenvalue weighted by molar-refractivity contribution is 0.405. The molecule has 3 heteroatoms. The molecule has 1 unspecified atom stereocenters. The summed E-state index contributed by atoms with van der Waals surface area (Å²) in [6.07, 6.45) is 0.787. The molecule has 0 amide bonds. The molecule has 2 aromatic rings. The lowest BCUT2D eigenvalue weighted by Gasteiger charge is -2.20. The summed E-state index contributed by atoms with van der Waals surface area (Å²) in [4.78, 5) is 0. The number of rotatable bonds is 4. The van der Waals surface area contributed by atoms with E-state index in [2.05, 4.69) is 60.1 Å². The number of halogens is 2. The Kier molecular flexibility index (Phi) is 5.34. The summed E-state index contributed by atoms with van der Waals surface area (Å²) in [6.45, 7) is 6.21. The van der Waals surface area contributed by atoms with E-state index in [1.165, 1.54) is 11.1 Å². The molecule has 0 aliphatic rings. The predicted molar refractivity (Wildman–Crippen MR) is 93.6 cm³/mol. The molecule has 0 saturated heterocycles. The molecule has 0 heterocycles. The molecule has 2 rings (SSSR count). The van der Waals surface area contributed by atoms with Crippen molar-refractivity contribution in [2.24, 2.45) is 0 Å². The quantitative estimate of drug-likeness (QED) is 0.611. The van der Waals surface area contributed by atoms with Crippen LogP contribution in [0.2, 0.25) is 0 Å². The van der Waals surface area contributed by atoms with Crippen molar-refractivity contribution in [1.29, 1.82) is 0 Å². The first-order chi connectivity index (χ1) is 9.93. The zero-order valence-corrected chi connectivity index (χ0v) is 15.2. The Labute approximate surface area is 140 Å². The van der Waals surface area contributed by atoms with E-state index in [4.69, 9.17) is 16.3 Å². The normalized spacial score (nSPS) is 12.3. The van der Waals surface area contributed by atoms with Gasteiger partial charge in [0, 0.05) is 10.0 Å². The lowest BCUT2D eigenvalue weighted by atomic mass is 9.96. The van der Waals surface area contributed by atoms with E-state index in [0.717, 1.165) is 33.3 Å². The average molecular weight is 368 g/mol. The van der Waals surface area contributed by atoms with Crippen molar-refractivity contribution in [3.63, 3.8) is 0 Å². The van der Waals surface area contributed by atoms with Crippen molar-refractivity contribution in [3.8, 4) is 5.75 Å². The summed E-state index contributed by atoms with van der Waals surface area (Å²) in [5.41, 5.74) is 5.81. The van der Waals surface area contributed by atoms with Crippen LogP contribution in [0.4, 0.5) is 0 Å². The third kappa shape index (κ3) is 3.61. The van der Waals surface area contributed by atoms with Crippen LogP contribution < -0.4 is 4.74 Å². The van der Waals surface area contributed by atoms with Crippen molar-refractivity contribution in [3.05, 3.63) is 62.6 Å². The molecule has 1 nitrogen and oxygen atoms in total. The van der Waals surface area contributed by atoms with Gasteiger partial charge in [0.05, 0.1) is 12.5 Å². The largest absolute Gasteiger partial charge is 0.496 e. The first-order valence-corrected chi connectivity index (χ1v) is 8.20. The molecule has 0 aliphatic heterocycles. The fourth-order valence-corrected chi connectivity index (χ4v) is 3.55. The molecule has 21 heavy (non-hydrogen) atoms. The molecule has 0 N–H and O–H groups in total. The van der Waals surface area contributed by atoms with E-state index in [0.29, 0.717) is 0 Å². The number of methoxy groups -OCH3 is 1. The van der Waals surface area contributed by atoms with Crippen LogP contribution in [-0.4, -0.2) is 7.11 Å². The van der Waals surface area contributed by atoms with Crippen molar-refractivity contribution in [2.75, 3.05) is 7.11 Å². The minimum absolute atomic E-state index is 0.112. The molecule has 1 atom stereocenters. The van der Waals surface area contributed by atoms with Gasteiger partial charge >= 0.3 is 0 Å². The van der Waals surface area contributed by atoms with Crippen LogP contribution in [0.15, 0.2) is 34.8 Å². The molecule has 0 aromatic heterocycles. The van der Waals surface area contributed by atoms with Crippen LogP contribution in [0, 0.1) is 20.8 Å². The number of ether oxygens (including phenoxy) is 1. The van der Waals surface area contributed by atoms with E-state index in [9.17, 15) is 0 Å². The van der Waals surface area contributed by atoms with Gasteiger partial charge in [-0.1, -0.05) is 45.8 Å². The van der Waals surface area contributed by atoms with Crippen molar-refractivity contribution in [1.82, 2.24) is 0 Å². The highest BCUT2D eigenvalue weighted by Crippen LogP contribution is 2.40. The van der Waals surface area contributed by atoms with Crippen LogP contribution in [0.1, 0.15) is 33.2 Å². The van der Waals surface area contributed by atoms with Crippen LogP contribution in [-0.2, 0) is 6.42 Å². The Balaban J connectivity index is 2.38. The van der Waals surface area contributed by atoms with Gasteiger partial charge in [-0.25, -0.2) is 0 Å². The monoisotopic (exact) mass is 366 g/mol. The summed E-state index contributed by atoms with van der Waals surface area (Å²) in [7, 11) is 1.70. The number of hydrogen-bond donors (Lipinski definition) is 0. The van der Waals surface area contributed by atoms with Crippen LogP contribution >= 0.6 is 27.5 Å². The fourth-order valence-electron chi connectivity index (χ4n) is 2.56. The second kappa shape index (κ2) is 6.85. The summed E-state index contributed by atoms with van der Waals surface area (Å²) in [5, 5.41) is -0.112. The minimum Gasteiger partial charge on any atom is -0.496 e. The smallest absolute Gasteiger partial charge is 0.126 e. The van der Waals surface area contributed by atoms with Gasteiger partial charge in [0.1, 0.15) is 5.75 Å². The van der Waals surface area contributed by atoms with Crippen molar-refractivity contribution >= 4 is 27.5 Å². The van der Waals surface area contributed by atoms with Gasteiger partial charge in [0.25, 0.3) is 0 Å². The summed E-state index contributed by atoms with van der Waals surface area (Å²) < 4.78 is 6.66. The Morgan fingerprint density at radius 1 is 1.14 bits per heavy atom.